The summed E-state index contributed by atoms with van der Waals surface area (Å²) >= 11 is 12.3. The summed E-state index contributed by atoms with van der Waals surface area (Å²) < 4.78 is 1.79. The fraction of sp³-hybridized carbons (Fsp3) is 0.111. The van der Waals surface area contributed by atoms with Gasteiger partial charge in [-0.3, -0.25) is 0 Å². The molecule has 0 radical (unpaired) electrons. The summed E-state index contributed by atoms with van der Waals surface area (Å²) in [7, 11) is 0. The Balaban J connectivity index is 2.26. The van der Waals surface area contributed by atoms with Crippen LogP contribution >= 0.6 is 23.2 Å². The van der Waals surface area contributed by atoms with Gasteiger partial charge < -0.3 is 4.79 Å². The zero-order valence-electron chi connectivity index (χ0n) is 12.5. The van der Waals surface area contributed by atoms with Gasteiger partial charge in [0.05, 0.1) is 22.1 Å². The molecule has 3 nitrogen and oxygen atoms in total. The van der Waals surface area contributed by atoms with Crippen LogP contribution in [0.3, 0.4) is 0 Å². The first-order chi connectivity index (χ1) is 11.1. The van der Waals surface area contributed by atoms with Crippen molar-refractivity contribution in [1.29, 1.82) is 0 Å². The topological polar surface area (TPSA) is 34.9 Å². The van der Waals surface area contributed by atoms with Crippen LogP contribution in [0.4, 0.5) is 0 Å². The van der Waals surface area contributed by atoms with E-state index >= 15 is 0 Å². The van der Waals surface area contributed by atoms with E-state index in [-0.39, 0.29) is 6.42 Å². The van der Waals surface area contributed by atoms with Gasteiger partial charge in [-0.05, 0) is 36.8 Å². The lowest BCUT2D eigenvalue weighted by Gasteiger charge is -2.10. The van der Waals surface area contributed by atoms with Crippen molar-refractivity contribution in [3.8, 4) is 16.9 Å². The van der Waals surface area contributed by atoms with Crippen LogP contribution < -0.4 is 0 Å². The minimum absolute atomic E-state index is 0.268. The number of para-hydroxylation sites is 1. The lowest BCUT2D eigenvalue weighted by molar-refractivity contribution is -0.107. The average molecular weight is 345 g/mol. The van der Waals surface area contributed by atoms with E-state index < -0.39 is 0 Å². The SMILES string of the molecule is Cc1c(CC=O)nn(-c2ccccc2Cl)c1-c1ccc(Cl)cc1. The van der Waals surface area contributed by atoms with Crippen LogP contribution in [0.15, 0.2) is 48.5 Å². The zero-order valence-corrected chi connectivity index (χ0v) is 14.0. The summed E-state index contributed by atoms with van der Waals surface area (Å²) in [6, 6.07) is 15.0. The lowest BCUT2D eigenvalue weighted by atomic mass is 10.1. The molecule has 0 atom stereocenters. The predicted octanol–water partition coefficient (Wildman–Crippen LogP) is 4.90. The molecule has 5 heteroatoms. The Morgan fingerprint density at radius 2 is 1.78 bits per heavy atom. The Bertz CT molecular complexity index is 854. The van der Waals surface area contributed by atoms with E-state index in [1.54, 1.807) is 4.68 Å². The molecule has 23 heavy (non-hydrogen) atoms. The molecule has 2 aromatic carbocycles. The Morgan fingerprint density at radius 1 is 1.09 bits per heavy atom. The Hall–Kier alpha value is -2.10. The highest BCUT2D eigenvalue weighted by Gasteiger charge is 2.18. The molecule has 1 aromatic heterocycles. The van der Waals surface area contributed by atoms with Gasteiger partial charge >= 0.3 is 0 Å². The summed E-state index contributed by atoms with van der Waals surface area (Å²) in [5.74, 6) is 0. The minimum Gasteiger partial charge on any atom is -0.303 e. The van der Waals surface area contributed by atoms with Gasteiger partial charge in [0.15, 0.2) is 0 Å². The first-order valence-electron chi connectivity index (χ1n) is 7.15. The molecule has 0 aliphatic heterocycles. The van der Waals surface area contributed by atoms with Gasteiger partial charge in [-0.15, -0.1) is 0 Å². The van der Waals surface area contributed by atoms with Gasteiger partial charge in [0, 0.05) is 17.0 Å². The highest BCUT2D eigenvalue weighted by molar-refractivity contribution is 6.32. The van der Waals surface area contributed by atoms with E-state index in [0.717, 1.165) is 34.5 Å². The maximum atomic E-state index is 10.9. The lowest BCUT2D eigenvalue weighted by Crippen LogP contribution is -2.01. The van der Waals surface area contributed by atoms with Gasteiger partial charge in [0.1, 0.15) is 6.29 Å². The standard InChI is InChI=1S/C18H14Cl2N2O/c1-12-16(10-11-23)21-22(17-5-3-2-4-15(17)20)18(12)13-6-8-14(19)9-7-13/h2-9,11H,10H2,1H3. The van der Waals surface area contributed by atoms with E-state index in [4.69, 9.17) is 23.2 Å². The molecule has 0 spiro atoms. The van der Waals surface area contributed by atoms with Gasteiger partial charge in [0.25, 0.3) is 0 Å². The number of benzene rings is 2. The molecule has 3 rings (SSSR count). The molecule has 0 saturated heterocycles. The van der Waals surface area contributed by atoms with E-state index in [0.29, 0.717) is 10.0 Å². The second kappa shape index (κ2) is 6.57. The van der Waals surface area contributed by atoms with Crippen molar-refractivity contribution >= 4 is 29.5 Å². The second-order valence-electron chi connectivity index (χ2n) is 5.16. The van der Waals surface area contributed by atoms with Crippen LogP contribution in [-0.4, -0.2) is 16.1 Å². The molecule has 116 valence electrons. The molecule has 3 aromatic rings. The number of aromatic nitrogens is 2. The van der Waals surface area contributed by atoms with Crippen molar-refractivity contribution in [2.75, 3.05) is 0 Å². The summed E-state index contributed by atoms with van der Waals surface area (Å²) in [6.45, 7) is 1.96. The summed E-state index contributed by atoms with van der Waals surface area (Å²) in [6.07, 6.45) is 1.13. The average Bonchev–Trinajstić information content (AvgIpc) is 2.86. The van der Waals surface area contributed by atoms with E-state index in [1.807, 2.05) is 55.5 Å². The molecule has 0 bridgehead atoms. The van der Waals surface area contributed by atoms with Crippen molar-refractivity contribution < 1.29 is 4.79 Å². The molecule has 0 N–H and O–H groups in total. The van der Waals surface area contributed by atoms with Gasteiger partial charge in [-0.1, -0.05) is 47.5 Å². The van der Waals surface area contributed by atoms with Gasteiger partial charge in [-0.25, -0.2) is 4.68 Å². The minimum atomic E-state index is 0.268. The molecule has 0 unspecified atom stereocenters. The number of carbonyl (C=O) groups is 1. The smallest absolute Gasteiger partial charge is 0.126 e. The third kappa shape index (κ3) is 3.03. The first-order valence-corrected chi connectivity index (χ1v) is 7.90. The molecular formula is C18H14Cl2N2O. The number of hydrogen-bond donors (Lipinski definition) is 0. The molecule has 0 saturated carbocycles. The van der Waals surface area contributed by atoms with Crippen molar-refractivity contribution in [2.24, 2.45) is 0 Å². The number of rotatable bonds is 4. The van der Waals surface area contributed by atoms with Crippen LogP contribution in [0, 0.1) is 6.92 Å². The fourth-order valence-electron chi connectivity index (χ4n) is 2.56. The predicted molar refractivity (Wildman–Crippen MR) is 93.5 cm³/mol. The number of hydrogen-bond acceptors (Lipinski definition) is 2. The number of halogens is 2. The molecular weight excluding hydrogens is 331 g/mol. The number of nitrogens with zero attached hydrogens (tertiary/aromatic N) is 2. The normalized spacial score (nSPS) is 10.7. The Labute approximate surface area is 144 Å². The highest BCUT2D eigenvalue weighted by Crippen LogP contribution is 2.32. The van der Waals surface area contributed by atoms with Crippen molar-refractivity contribution in [3.63, 3.8) is 0 Å². The fourth-order valence-corrected chi connectivity index (χ4v) is 2.90. The third-order valence-electron chi connectivity index (χ3n) is 3.70. The largest absolute Gasteiger partial charge is 0.303 e. The quantitative estimate of drug-likeness (QED) is 0.631. The van der Waals surface area contributed by atoms with Crippen LogP contribution in [0.2, 0.25) is 10.0 Å². The first kappa shape index (κ1) is 15.8. The van der Waals surface area contributed by atoms with Gasteiger partial charge in [-0.2, -0.15) is 5.10 Å². The molecule has 0 fully saturated rings. The summed E-state index contributed by atoms with van der Waals surface area (Å²) in [4.78, 5) is 10.9. The van der Waals surface area contributed by atoms with E-state index in [2.05, 4.69) is 5.10 Å². The van der Waals surface area contributed by atoms with Crippen LogP contribution in [0.25, 0.3) is 16.9 Å². The monoisotopic (exact) mass is 344 g/mol. The highest BCUT2D eigenvalue weighted by atomic mass is 35.5. The molecule has 0 aliphatic rings. The van der Waals surface area contributed by atoms with Gasteiger partial charge in [0.2, 0.25) is 0 Å². The maximum absolute atomic E-state index is 10.9. The van der Waals surface area contributed by atoms with Crippen LogP contribution in [0.5, 0.6) is 0 Å². The van der Waals surface area contributed by atoms with Crippen molar-refractivity contribution in [2.45, 2.75) is 13.3 Å². The number of carbonyl (C=O) groups excluding carboxylic acids is 1. The summed E-state index contributed by atoms with van der Waals surface area (Å²) in [5.41, 5.74) is 4.35. The Morgan fingerprint density at radius 3 is 2.43 bits per heavy atom. The molecule has 0 amide bonds. The third-order valence-corrected chi connectivity index (χ3v) is 4.27. The zero-order chi connectivity index (χ0) is 16.4. The number of aldehydes is 1. The van der Waals surface area contributed by atoms with Crippen molar-refractivity contribution in [1.82, 2.24) is 9.78 Å². The van der Waals surface area contributed by atoms with Crippen LogP contribution in [0.1, 0.15) is 11.3 Å². The summed E-state index contributed by atoms with van der Waals surface area (Å²) in [5, 5.41) is 5.87. The maximum Gasteiger partial charge on any atom is 0.126 e. The van der Waals surface area contributed by atoms with E-state index in [1.165, 1.54) is 0 Å². The van der Waals surface area contributed by atoms with Crippen LogP contribution in [-0.2, 0) is 11.2 Å². The second-order valence-corrected chi connectivity index (χ2v) is 6.00. The molecule has 1 heterocycles. The molecule has 0 aliphatic carbocycles. The Kier molecular flexibility index (Phi) is 4.51. The van der Waals surface area contributed by atoms with Crippen molar-refractivity contribution in [3.05, 3.63) is 69.8 Å². The van der Waals surface area contributed by atoms with E-state index in [9.17, 15) is 4.79 Å².